The first-order valence-corrected chi connectivity index (χ1v) is 6.08. The maximum atomic E-state index is 11.8. The van der Waals surface area contributed by atoms with Crippen LogP contribution in [0.25, 0.3) is 0 Å². The van der Waals surface area contributed by atoms with E-state index in [0.717, 1.165) is 25.1 Å². The van der Waals surface area contributed by atoms with Crippen LogP contribution in [0, 0.1) is 0 Å². The van der Waals surface area contributed by atoms with Gasteiger partial charge in [-0.2, -0.15) is 0 Å². The van der Waals surface area contributed by atoms with Gasteiger partial charge in [0.05, 0.1) is 6.61 Å². The Morgan fingerprint density at radius 2 is 2.06 bits per heavy atom. The van der Waals surface area contributed by atoms with Crippen LogP contribution >= 0.6 is 0 Å². The largest absolute Gasteiger partial charge is 0.375 e. The number of alkyl halides is 2. The monoisotopic (exact) mass is 259 g/mol. The summed E-state index contributed by atoms with van der Waals surface area (Å²) in [6.45, 7) is 3.50. The standard InChI is InChI=1S/C12H19F2N3O/c1-2-4-15-6-10-7-16-12(17-8-10)3-5-18-9-11(13)14/h7-8,11,15H,2-6,9H2,1H3. The van der Waals surface area contributed by atoms with Crippen molar-refractivity contribution in [3.8, 4) is 0 Å². The Balaban J connectivity index is 2.23. The van der Waals surface area contributed by atoms with E-state index in [0.29, 0.717) is 12.2 Å². The first-order chi connectivity index (χ1) is 8.72. The van der Waals surface area contributed by atoms with Gasteiger partial charge in [-0.25, -0.2) is 18.7 Å². The second kappa shape index (κ2) is 8.88. The van der Waals surface area contributed by atoms with Gasteiger partial charge in [0.25, 0.3) is 6.43 Å². The minimum absolute atomic E-state index is 0.220. The Morgan fingerprint density at radius 1 is 1.33 bits per heavy atom. The van der Waals surface area contributed by atoms with Crippen LogP contribution in [0.4, 0.5) is 8.78 Å². The van der Waals surface area contributed by atoms with Gasteiger partial charge in [-0.15, -0.1) is 0 Å². The maximum absolute atomic E-state index is 11.8. The van der Waals surface area contributed by atoms with Crippen LogP contribution in [0.3, 0.4) is 0 Å². The molecule has 0 amide bonds. The van der Waals surface area contributed by atoms with Crippen molar-refractivity contribution < 1.29 is 13.5 Å². The summed E-state index contributed by atoms with van der Waals surface area (Å²) in [5, 5.41) is 3.25. The lowest BCUT2D eigenvalue weighted by Crippen LogP contribution is -2.14. The highest BCUT2D eigenvalue weighted by Gasteiger charge is 2.03. The van der Waals surface area contributed by atoms with Crippen LogP contribution in [-0.2, 0) is 17.7 Å². The smallest absolute Gasteiger partial charge is 0.261 e. The van der Waals surface area contributed by atoms with Gasteiger partial charge in [-0.05, 0) is 13.0 Å². The summed E-state index contributed by atoms with van der Waals surface area (Å²) >= 11 is 0. The lowest BCUT2D eigenvalue weighted by Gasteiger charge is -2.05. The van der Waals surface area contributed by atoms with Crippen molar-refractivity contribution >= 4 is 0 Å². The lowest BCUT2D eigenvalue weighted by molar-refractivity contribution is 0.0183. The summed E-state index contributed by atoms with van der Waals surface area (Å²) in [5.74, 6) is 0.614. The molecule has 0 atom stereocenters. The Morgan fingerprint density at radius 3 is 2.67 bits per heavy atom. The fourth-order valence-electron chi connectivity index (χ4n) is 1.35. The molecule has 1 N–H and O–H groups in total. The van der Waals surface area contributed by atoms with Crippen molar-refractivity contribution in [1.29, 1.82) is 0 Å². The number of aromatic nitrogens is 2. The molecular formula is C12H19F2N3O. The second-order valence-corrected chi connectivity index (χ2v) is 3.90. The van der Waals surface area contributed by atoms with Gasteiger partial charge in [0.1, 0.15) is 12.4 Å². The average molecular weight is 259 g/mol. The van der Waals surface area contributed by atoms with Crippen LogP contribution in [0.5, 0.6) is 0 Å². The molecule has 102 valence electrons. The van der Waals surface area contributed by atoms with Crippen molar-refractivity contribution in [1.82, 2.24) is 15.3 Å². The highest BCUT2D eigenvalue weighted by atomic mass is 19.3. The zero-order chi connectivity index (χ0) is 13.2. The quantitative estimate of drug-likeness (QED) is 0.687. The molecule has 1 aromatic heterocycles. The normalized spacial score (nSPS) is 11.1. The first kappa shape index (κ1) is 14.9. The van der Waals surface area contributed by atoms with Gasteiger partial charge in [0, 0.05) is 30.9 Å². The predicted molar refractivity (Wildman–Crippen MR) is 64.6 cm³/mol. The van der Waals surface area contributed by atoms with E-state index in [4.69, 9.17) is 4.74 Å². The van der Waals surface area contributed by atoms with Crippen molar-refractivity contribution in [2.45, 2.75) is 32.7 Å². The maximum Gasteiger partial charge on any atom is 0.261 e. The molecule has 1 aromatic rings. The number of hydrogen-bond acceptors (Lipinski definition) is 4. The molecule has 0 saturated carbocycles. The molecule has 0 fully saturated rings. The molecular weight excluding hydrogens is 240 g/mol. The molecule has 0 aliphatic heterocycles. The Kier molecular flexibility index (Phi) is 7.36. The predicted octanol–water partition coefficient (Wildman–Crippen LogP) is 1.80. The number of nitrogens with zero attached hydrogens (tertiary/aromatic N) is 2. The third kappa shape index (κ3) is 6.56. The number of hydrogen-bond donors (Lipinski definition) is 1. The first-order valence-electron chi connectivity index (χ1n) is 6.08. The molecule has 0 radical (unpaired) electrons. The number of rotatable bonds is 9. The van der Waals surface area contributed by atoms with Gasteiger partial charge in [0.15, 0.2) is 0 Å². The van der Waals surface area contributed by atoms with Crippen LogP contribution in [-0.4, -0.2) is 36.2 Å². The van der Waals surface area contributed by atoms with E-state index in [1.165, 1.54) is 0 Å². The fourth-order valence-corrected chi connectivity index (χ4v) is 1.35. The third-order valence-corrected chi connectivity index (χ3v) is 2.23. The molecule has 1 rings (SSSR count). The van der Waals surface area contributed by atoms with E-state index in [1.807, 2.05) is 0 Å². The minimum Gasteiger partial charge on any atom is -0.375 e. The highest BCUT2D eigenvalue weighted by molar-refractivity contribution is 5.04. The van der Waals surface area contributed by atoms with Crippen molar-refractivity contribution in [3.05, 3.63) is 23.8 Å². The van der Waals surface area contributed by atoms with E-state index >= 15 is 0 Å². The van der Waals surface area contributed by atoms with Crippen molar-refractivity contribution in [2.75, 3.05) is 19.8 Å². The van der Waals surface area contributed by atoms with Crippen molar-refractivity contribution in [3.63, 3.8) is 0 Å². The molecule has 1 heterocycles. The summed E-state index contributed by atoms with van der Waals surface area (Å²) in [6, 6.07) is 0. The fraction of sp³-hybridized carbons (Fsp3) is 0.667. The van der Waals surface area contributed by atoms with E-state index in [2.05, 4.69) is 22.2 Å². The summed E-state index contributed by atoms with van der Waals surface area (Å²) in [6.07, 6.45) is 2.62. The highest BCUT2D eigenvalue weighted by Crippen LogP contribution is 1.98. The summed E-state index contributed by atoms with van der Waals surface area (Å²) in [4.78, 5) is 8.31. The summed E-state index contributed by atoms with van der Waals surface area (Å²) < 4.78 is 28.4. The molecule has 0 aliphatic carbocycles. The van der Waals surface area contributed by atoms with E-state index < -0.39 is 13.0 Å². The Hall–Kier alpha value is -1.14. The van der Waals surface area contributed by atoms with E-state index in [-0.39, 0.29) is 6.61 Å². The van der Waals surface area contributed by atoms with Gasteiger partial charge >= 0.3 is 0 Å². The molecule has 6 heteroatoms. The SMILES string of the molecule is CCCNCc1cnc(CCOCC(F)F)nc1. The number of ether oxygens (including phenoxy) is 1. The molecule has 0 spiro atoms. The zero-order valence-electron chi connectivity index (χ0n) is 10.5. The topological polar surface area (TPSA) is 47.0 Å². The summed E-state index contributed by atoms with van der Waals surface area (Å²) in [5.41, 5.74) is 1.01. The van der Waals surface area contributed by atoms with Gasteiger partial charge in [0.2, 0.25) is 0 Å². The lowest BCUT2D eigenvalue weighted by atomic mass is 10.3. The molecule has 0 aromatic carbocycles. The van der Waals surface area contributed by atoms with Gasteiger partial charge in [-0.3, -0.25) is 0 Å². The van der Waals surface area contributed by atoms with Crippen LogP contribution in [0.15, 0.2) is 12.4 Å². The number of nitrogens with one attached hydrogen (secondary N) is 1. The zero-order valence-corrected chi connectivity index (χ0v) is 10.5. The number of halogens is 2. The molecule has 0 aliphatic rings. The second-order valence-electron chi connectivity index (χ2n) is 3.90. The molecule has 4 nitrogen and oxygen atoms in total. The third-order valence-electron chi connectivity index (χ3n) is 2.23. The molecule has 0 saturated heterocycles. The Labute approximate surface area is 106 Å². The molecule has 0 bridgehead atoms. The van der Waals surface area contributed by atoms with Crippen LogP contribution in [0.1, 0.15) is 24.7 Å². The van der Waals surface area contributed by atoms with Crippen molar-refractivity contribution in [2.24, 2.45) is 0 Å². The summed E-state index contributed by atoms with van der Waals surface area (Å²) in [7, 11) is 0. The van der Waals surface area contributed by atoms with E-state index in [9.17, 15) is 8.78 Å². The molecule has 18 heavy (non-hydrogen) atoms. The van der Waals surface area contributed by atoms with Crippen LogP contribution in [0.2, 0.25) is 0 Å². The average Bonchev–Trinajstić information content (AvgIpc) is 2.36. The van der Waals surface area contributed by atoms with Crippen LogP contribution < -0.4 is 5.32 Å². The minimum atomic E-state index is -2.42. The van der Waals surface area contributed by atoms with E-state index in [1.54, 1.807) is 12.4 Å². The van der Waals surface area contributed by atoms with Gasteiger partial charge < -0.3 is 10.1 Å². The molecule has 0 unspecified atom stereocenters. The van der Waals surface area contributed by atoms with Gasteiger partial charge in [-0.1, -0.05) is 6.92 Å². The Bertz CT molecular complexity index is 320.